The molecular formula is C29H30F2N4O4S2. The molecule has 2 saturated carbocycles. The molecule has 0 saturated heterocycles. The maximum absolute atomic E-state index is 15.0. The summed E-state index contributed by atoms with van der Waals surface area (Å²) >= 11 is 1.19. The minimum absolute atomic E-state index is 0. The van der Waals surface area contributed by atoms with Crippen LogP contribution in [0.2, 0.25) is 0 Å². The molecule has 2 aliphatic rings. The zero-order valence-corrected chi connectivity index (χ0v) is 23.8. The Kier molecular flexibility index (Phi) is 8.46. The van der Waals surface area contributed by atoms with Gasteiger partial charge < -0.3 is 10.6 Å². The number of thiol groups is 1. The van der Waals surface area contributed by atoms with Crippen LogP contribution in [0.3, 0.4) is 0 Å². The fraction of sp³-hybridized carbons (Fsp3) is 0.345. The number of rotatable bonds is 9. The second-order valence-corrected chi connectivity index (χ2v) is 12.6. The fourth-order valence-electron chi connectivity index (χ4n) is 5.61. The van der Waals surface area contributed by atoms with Crippen LogP contribution in [0.25, 0.3) is 16.4 Å². The van der Waals surface area contributed by atoms with E-state index in [9.17, 15) is 22.9 Å². The number of carboxylic acid groups (broad SMARTS) is 1. The molecule has 1 atom stereocenters. The van der Waals surface area contributed by atoms with Gasteiger partial charge in [-0.05, 0) is 85.4 Å². The van der Waals surface area contributed by atoms with Crippen LogP contribution < -0.4 is 5.14 Å². The summed E-state index contributed by atoms with van der Waals surface area (Å²) in [5.74, 6) is -1.35. The van der Waals surface area contributed by atoms with Gasteiger partial charge in [0, 0.05) is 22.9 Å². The Bertz CT molecular complexity index is 1630. The summed E-state index contributed by atoms with van der Waals surface area (Å²) in [6.07, 6.45) is 7.22. The van der Waals surface area contributed by atoms with E-state index in [2.05, 4.69) is 4.98 Å². The molecule has 0 aliphatic heterocycles. The molecule has 216 valence electrons. The minimum Gasteiger partial charge on any atom is -0.870 e. The van der Waals surface area contributed by atoms with Gasteiger partial charge >= 0.3 is 5.97 Å². The number of aromatic carboxylic acids is 1. The third-order valence-electron chi connectivity index (χ3n) is 7.86. The van der Waals surface area contributed by atoms with Crippen LogP contribution in [-0.4, -0.2) is 31.3 Å². The van der Waals surface area contributed by atoms with Gasteiger partial charge in [-0.1, -0.05) is 23.1 Å². The van der Waals surface area contributed by atoms with E-state index in [-0.39, 0.29) is 27.8 Å². The highest BCUT2D eigenvalue weighted by Gasteiger charge is 2.30. The average molecular weight is 601 g/mol. The number of aromatic nitrogens is 3. The van der Waals surface area contributed by atoms with Crippen molar-refractivity contribution in [2.75, 3.05) is 0 Å². The van der Waals surface area contributed by atoms with Gasteiger partial charge in [-0.3, -0.25) is 0 Å². The fourth-order valence-corrected chi connectivity index (χ4v) is 6.88. The first-order valence-electron chi connectivity index (χ1n) is 13.4. The summed E-state index contributed by atoms with van der Waals surface area (Å²) in [5.41, 5.74) is 4.40. The second-order valence-electron chi connectivity index (χ2n) is 10.7. The van der Waals surface area contributed by atoms with E-state index in [0.29, 0.717) is 40.7 Å². The Morgan fingerprint density at radius 3 is 2.49 bits per heavy atom. The number of halogens is 2. The maximum atomic E-state index is 15.0. The predicted molar refractivity (Wildman–Crippen MR) is 152 cm³/mol. The van der Waals surface area contributed by atoms with Crippen molar-refractivity contribution in [2.45, 2.75) is 62.2 Å². The van der Waals surface area contributed by atoms with Crippen molar-refractivity contribution in [3.8, 4) is 16.4 Å². The van der Waals surface area contributed by atoms with E-state index in [1.165, 1.54) is 34.9 Å². The first-order chi connectivity index (χ1) is 19.3. The van der Waals surface area contributed by atoms with Crippen molar-refractivity contribution in [3.05, 3.63) is 81.5 Å². The first kappa shape index (κ1) is 29.2. The smallest absolute Gasteiger partial charge is 0.355 e. The largest absolute Gasteiger partial charge is 0.870 e. The normalized spacial score (nSPS) is 16.1. The molecule has 2 fully saturated rings. The van der Waals surface area contributed by atoms with Gasteiger partial charge in [0.05, 0.1) is 11.4 Å². The molecule has 8 nitrogen and oxygen atoms in total. The van der Waals surface area contributed by atoms with E-state index < -0.39 is 22.8 Å². The minimum atomic E-state index is -2.31. The van der Waals surface area contributed by atoms with Crippen LogP contribution >= 0.6 is 11.3 Å². The predicted octanol–water partition coefficient (Wildman–Crippen LogP) is 5.93. The number of nitrogens with zero attached hydrogens (tertiary/aromatic N) is 3. The number of hydrogen-bond donors (Lipinski definition) is 2. The number of hydrogen-bond acceptors (Lipinski definition) is 6. The van der Waals surface area contributed by atoms with Gasteiger partial charge in [-0.2, -0.15) is 5.10 Å². The summed E-state index contributed by atoms with van der Waals surface area (Å²) in [6, 6.07) is 9.60. The van der Waals surface area contributed by atoms with Crippen LogP contribution in [0, 0.1) is 17.6 Å². The number of carboxylic acids is 1. The molecule has 0 radical (unpaired) electrons. The van der Waals surface area contributed by atoms with Crippen LogP contribution in [-0.2, 0) is 28.0 Å². The van der Waals surface area contributed by atoms with E-state index in [1.807, 2.05) is 6.07 Å². The Morgan fingerprint density at radius 1 is 1.10 bits per heavy atom. The monoisotopic (exact) mass is 600 g/mol. The summed E-state index contributed by atoms with van der Waals surface area (Å²) in [6.45, 7) is 0. The quantitative estimate of drug-likeness (QED) is 0.180. The molecule has 0 amide bonds. The molecule has 0 spiro atoms. The van der Waals surface area contributed by atoms with E-state index >= 15 is 0 Å². The highest BCUT2D eigenvalue weighted by atomic mass is 32.2. The van der Waals surface area contributed by atoms with E-state index in [1.54, 1.807) is 16.8 Å². The van der Waals surface area contributed by atoms with Gasteiger partial charge in [0.25, 0.3) is 0 Å². The number of nitrogens with two attached hydrogens (primary N) is 1. The second kappa shape index (κ2) is 11.9. The average Bonchev–Trinajstić information content (AvgIpc) is 3.29. The van der Waals surface area contributed by atoms with Crippen LogP contribution in [0.5, 0.6) is 0 Å². The molecule has 0 bridgehead atoms. The van der Waals surface area contributed by atoms with Crippen molar-refractivity contribution in [1.29, 1.82) is 0 Å². The van der Waals surface area contributed by atoms with Crippen LogP contribution in [0.1, 0.15) is 77.3 Å². The molecule has 6 rings (SSSR count). The number of thiazole rings is 1. The van der Waals surface area contributed by atoms with Gasteiger partial charge in [0.2, 0.25) is 10.0 Å². The molecule has 2 aromatic carbocycles. The van der Waals surface area contributed by atoms with Crippen molar-refractivity contribution in [1.82, 2.24) is 14.8 Å². The van der Waals surface area contributed by atoms with Crippen LogP contribution in [0.4, 0.5) is 8.78 Å². The van der Waals surface area contributed by atoms with Gasteiger partial charge in [0.1, 0.15) is 5.82 Å². The molecule has 12 heteroatoms. The first-order valence-corrected chi connectivity index (χ1v) is 15.6. The lowest BCUT2D eigenvalue weighted by Gasteiger charge is -2.13. The zero-order chi connectivity index (χ0) is 28.0. The highest BCUT2D eigenvalue weighted by molar-refractivity contribution is 7.82. The third-order valence-corrected chi connectivity index (χ3v) is 9.51. The molecular weight excluding hydrogens is 570 g/mol. The third kappa shape index (κ3) is 6.01. The summed E-state index contributed by atoms with van der Waals surface area (Å²) in [5, 5.41) is 21.8. The maximum Gasteiger partial charge on any atom is 0.355 e. The molecule has 1 unspecified atom stereocenters. The SMILES string of the molecule is N[SH+](=O)c1ccc(Cc2c(-c3ccc(F)c(C4CCCC4)c3)nn(-c3nc(C(=O)O)cs3)c2CC2CC2)cc1F.[OH-]. The highest BCUT2D eigenvalue weighted by Crippen LogP contribution is 2.40. The standard InChI is InChI=1S/C29H28F2N4O3S2.H2O/c30-22-9-8-19(14-20(22)18-3-1-2-4-18)27-21(11-17-7-10-26(40(32)38)23(31)12-17)25(13-16-5-6-16)35(34-27)29-33-24(15-39-29)28(36)37;/h7-10,12,14-16,18H,1-6,11,13H2,(H2,32,38)(H,36,37);1H2. The van der Waals surface area contributed by atoms with Gasteiger partial charge in [-0.25, -0.2) is 23.2 Å². The summed E-state index contributed by atoms with van der Waals surface area (Å²) in [4.78, 5) is 15.9. The van der Waals surface area contributed by atoms with Crippen molar-refractivity contribution >= 4 is 28.3 Å². The number of carbonyl (C=O) groups is 1. The van der Waals surface area contributed by atoms with Gasteiger partial charge in [0.15, 0.2) is 22.5 Å². The molecule has 4 aromatic rings. The van der Waals surface area contributed by atoms with E-state index in [4.69, 9.17) is 10.2 Å². The summed E-state index contributed by atoms with van der Waals surface area (Å²) < 4.78 is 43.2. The number of benzene rings is 2. The Labute approximate surface area is 242 Å². The van der Waals surface area contributed by atoms with Crippen molar-refractivity contribution in [3.63, 3.8) is 0 Å². The lowest BCUT2D eigenvalue weighted by molar-refractivity contribution is 0.0691. The lowest BCUT2D eigenvalue weighted by Crippen LogP contribution is -2.07. The van der Waals surface area contributed by atoms with Crippen molar-refractivity contribution < 1.29 is 28.4 Å². The molecule has 2 aliphatic carbocycles. The Hall–Kier alpha value is -3.32. The molecule has 2 aromatic heterocycles. The molecule has 4 N–H and O–H groups in total. The van der Waals surface area contributed by atoms with Crippen molar-refractivity contribution in [2.24, 2.45) is 11.1 Å². The lowest BCUT2D eigenvalue weighted by atomic mass is 9.92. The summed E-state index contributed by atoms with van der Waals surface area (Å²) in [7, 11) is -2.31. The van der Waals surface area contributed by atoms with Gasteiger partial charge in [-0.15, -0.1) is 16.5 Å². The molecule has 41 heavy (non-hydrogen) atoms. The van der Waals surface area contributed by atoms with E-state index in [0.717, 1.165) is 55.3 Å². The zero-order valence-electron chi connectivity index (χ0n) is 22.1. The topological polar surface area (TPSA) is 141 Å². The Balaban J connectivity index is 0.00000337. The van der Waals surface area contributed by atoms with Crippen LogP contribution in [0.15, 0.2) is 46.7 Å². The molecule has 2 heterocycles. The Morgan fingerprint density at radius 2 is 1.85 bits per heavy atom.